The van der Waals surface area contributed by atoms with Crippen molar-refractivity contribution in [2.24, 2.45) is 5.73 Å². The topological polar surface area (TPSA) is 98.3 Å². The van der Waals surface area contributed by atoms with E-state index in [1.165, 1.54) is 4.40 Å². The fraction of sp³-hybridized carbons (Fsp3) is 0.154. The molecule has 0 bridgehead atoms. The molecule has 0 atom stereocenters. The molecule has 7 heteroatoms. The Morgan fingerprint density at radius 1 is 1.40 bits per heavy atom. The molecule has 7 nitrogen and oxygen atoms in total. The van der Waals surface area contributed by atoms with Gasteiger partial charge in [0.15, 0.2) is 5.65 Å². The van der Waals surface area contributed by atoms with E-state index in [2.05, 4.69) is 15.2 Å². The molecular formula is C13H13N5O2. The minimum absolute atomic E-state index is 0.320. The van der Waals surface area contributed by atoms with Gasteiger partial charge in [-0.15, -0.1) is 0 Å². The third kappa shape index (κ3) is 2.04. The fourth-order valence-corrected chi connectivity index (χ4v) is 2.01. The Balaban J connectivity index is 2.05. The highest BCUT2D eigenvalue weighted by Gasteiger charge is 2.09. The first kappa shape index (κ1) is 12.4. The second kappa shape index (κ2) is 4.78. The quantitative estimate of drug-likeness (QED) is 0.739. The van der Waals surface area contributed by atoms with E-state index in [0.717, 1.165) is 5.56 Å². The Bertz CT molecular complexity index is 821. The van der Waals surface area contributed by atoms with Gasteiger partial charge < -0.3 is 10.5 Å². The van der Waals surface area contributed by atoms with Gasteiger partial charge in [-0.25, -0.2) is 14.3 Å². The summed E-state index contributed by atoms with van der Waals surface area (Å²) < 4.78 is 7.11. The zero-order chi connectivity index (χ0) is 14.1. The van der Waals surface area contributed by atoms with Crippen molar-refractivity contribution in [2.45, 2.75) is 13.5 Å². The highest BCUT2D eigenvalue weighted by molar-refractivity contribution is 5.43. The number of ether oxygens (including phenoxy) is 1. The lowest BCUT2D eigenvalue weighted by atomic mass is 10.2. The average molecular weight is 271 g/mol. The van der Waals surface area contributed by atoms with Crippen molar-refractivity contribution in [2.75, 3.05) is 0 Å². The molecule has 1 aromatic carbocycles. The number of hydrogen-bond donors (Lipinski definition) is 2. The van der Waals surface area contributed by atoms with Crippen LogP contribution in [0.2, 0.25) is 0 Å². The highest BCUT2D eigenvalue weighted by Crippen LogP contribution is 2.24. The van der Waals surface area contributed by atoms with E-state index in [-0.39, 0.29) is 5.69 Å². The summed E-state index contributed by atoms with van der Waals surface area (Å²) in [6.07, 6.45) is 0. The predicted molar refractivity (Wildman–Crippen MR) is 72.8 cm³/mol. The van der Waals surface area contributed by atoms with Gasteiger partial charge in [0, 0.05) is 18.2 Å². The molecule has 3 rings (SSSR count). The van der Waals surface area contributed by atoms with E-state index in [1.54, 1.807) is 13.0 Å². The van der Waals surface area contributed by atoms with Crippen molar-refractivity contribution in [1.29, 1.82) is 0 Å². The van der Waals surface area contributed by atoms with Crippen LogP contribution in [0.3, 0.4) is 0 Å². The molecule has 0 aliphatic carbocycles. The number of rotatable bonds is 3. The summed E-state index contributed by atoms with van der Waals surface area (Å²) >= 11 is 0. The zero-order valence-corrected chi connectivity index (χ0v) is 10.8. The molecule has 102 valence electrons. The second-order valence-corrected chi connectivity index (χ2v) is 4.28. The van der Waals surface area contributed by atoms with Crippen LogP contribution in [0, 0.1) is 6.92 Å². The normalized spacial score (nSPS) is 10.9. The summed E-state index contributed by atoms with van der Waals surface area (Å²) in [5.74, 6) is 1.51. The van der Waals surface area contributed by atoms with Crippen molar-refractivity contribution < 1.29 is 4.74 Å². The minimum Gasteiger partial charge on any atom is -0.438 e. The van der Waals surface area contributed by atoms with Crippen molar-refractivity contribution in [1.82, 2.24) is 19.6 Å². The summed E-state index contributed by atoms with van der Waals surface area (Å²) in [5, 5.41) is 6.28. The molecule has 0 aliphatic heterocycles. The zero-order valence-electron chi connectivity index (χ0n) is 10.8. The summed E-state index contributed by atoms with van der Waals surface area (Å²) in [7, 11) is 0. The third-order valence-electron chi connectivity index (χ3n) is 2.95. The standard InChI is InChI=1S/C13H13N5O2/c1-8-15-12(6-11-16-17-13(19)18(8)11)20-10-5-3-2-4-9(10)7-14/h2-6H,7,14H2,1H3,(H,17,19). The fourth-order valence-electron chi connectivity index (χ4n) is 2.01. The van der Waals surface area contributed by atoms with Gasteiger partial charge in [0.05, 0.1) is 0 Å². The lowest BCUT2D eigenvalue weighted by Crippen LogP contribution is -2.13. The van der Waals surface area contributed by atoms with Gasteiger partial charge in [0.2, 0.25) is 5.88 Å². The largest absolute Gasteiger partial charge is 0.438 e. The van der Waals surface area contributed by atoms with Crippen LogP contribution in [0.15, 0.2) is 35.1 Å². The molecule has 0 radical (unpaired) electrons. The first-order chi connectivity index (χ1) is 9.69. The van der Waals surface area contributed by atoms with E-state index in [9.17, 15) is 4.79 Å². The summed E-state index contributed by atoms with van der Waals surface area (Å²) in [6, 6.07) is 9.06. The number of benzene rings is 1. The van der Waals surface area contributed by atoms with Crippen LogP contribution in [-0.2, 0) is 6.54 Å². The van der Waals surface area contributed by atoms with Crippen molar-refractivity contribution >= 4 is 5.65 Å². The average Bonchev–Trinajstić information content (AvgIpc) is 2.81. The minimum atomic E-state index is -0.320. The number of aryl methyl sites for hydroxylation is 1. The first-order valence-electron chi connectivity index (χ1n) is 6.09. The van der Waals surface area contributed by atoms with Crippen LogP contribution in [0.5, 0.6) is 11.6 Å². The van der Waals surface area contributed by atoms with Crippen LogP contribution in [0.1, 0.15) is 11.4 Å². The Labute approximate surface area is 114 Å². The maximum absolute atomic E-state index is 11.5. The number of H-pyrrole nitrogens is 1. The second-order valence-electron chi connectivity index (χ2n) is 4.28. The Morgan fingerprint density at radius 2 is 2.20 bits per heavy atom. The third-order valence-corrected chi connectivity index (χ3v) is 2.95. The molecule has 2 aromatic heterocycles. The van der Waals surface area contributed by atoms with Crippen LogP contribution in [0.25, 0.3) is 5.65 Å². The number of aromatic nitrogens is 4. The molecule has 0 saturated carbocycles. The van der Waals surface area contributed by atoms with Gasteiger partial charge in [0.25, 0.3) is 0 Å². The molecule has 3 aromatic rings. The number of aromatic amines is 1. The van der Waals surface area contributed by atoms with Gasteiger partial charge in [-0.2, -0.15) is 10.1 Å². The monoisotopic (exact) mass is 271 g/mol. The summed E-state index contributed by atoms with van der Waals surface area (Å²) in [5.41, 5.74) is 6.69. The smallest absolute Gasteiger partial charge is 0.349 e. The van der Waals surface area contributed by atoms with E-state index >= 15 is 0 Å². The molecule has 0 saturated heterocycles. The predicted octanol–water partition coefficient (Wildman–Crippen LogP) is 0.977. The van der Waals surface area contributed by atoms with Crippen LogP contribution in [0.4, 0.5) is 0 Å². The van der Waals surface area contributed by atoms with E-state index in [4.69, 9.17) is 10.5 Å². The number of para-hydroxylation sites is 1. The molecule has 0 unspecified atom stereocenters. The number of nitrogens with zero attached hydrogens (tertiary/aromatic N) is 3. The van der Waals surface area contributed by atoms with Gasteiger partial charge in [0.1, 0.15) is 11.6 Å². The van der Waals surface area contributed by atoms with Gasteiger partial charge in [-0.3, -0.25) is 0 Å². The number of nitrogens with two attached hydrogens (primary N) is 1. The lowest BCUT2D eigenvalue weighted by Gasteiger charge is -2.09. The highest BCUT2D eigenvalue weighted by atomic mass is 16.5. The van der Waals surface area contributed by atoms with Crippen LogP contribution in [-0.4, -0.2) is 19.6 Å². The molecule has 0 amide bonds. The molecule has 20 heavy (non-hydrogen) atoms. The summed E-state index contributed by atoms with van der Waals surface area (Å²) in [6.45, 7) is 2.09. The lowest BCUT2D eigenvalue weighted by molar-refractivity contribution is 0.454. The van der Waals surface area contributed by atoms with Crippen molar-refractivity contribution in [3.8, 4) is 11.6 Å². The van der Waals surface area contributed by atoms with Gasteiger partial charge in [-0.05, 0) is 13.0 Å². The van der Waals surface area contributed by atoms with E-state index in [0.29, 0.717) is 29.6 Å². The number of nitrogens with one attached hydrogen (secondary N) is 1. The summed E-state index contributed by atoms with van der Waals surface area (Å²) in [4.78, 5) is 15.8. The van der Waals surface area contributed by atoms with E-state index < -0.39 is 0 Å². The molecular weight excluding hydrogens is 258 g/mol. The van der Waals surface area contributed by atoms with Crippen LogP contribution < -0.4 is 16.2 Å². The van der Waals surface area contributed by atoms with Crippen molar-refractivity contribution in [3.05, 3.63) is 52.2 Å². The first-order valence-corrected chi connectivity index (χ1v) is 6.09. The SMILES string of the molecule is Cc1nc(Oc2ccccc2CN)cc2n[nH]c(=O)n12. The molecule has 0 aliphatic rings. The Hall–Kier alpha value is -2.67. The molecule has 2 heterocycles. The van der Waals surface area contributed by atoms with Crippen LogP contribution >= 0.6 is 0 Å². The maximum Gasteiger partial charge on any atom is 0.349 e. The number of fused-ring (bicyclic) bond motifs is 1. The molecule has 0 spiro atoms. The maximum atomic E-state index is 11.5. The van der Waals surface area contributed by atoms with E-state index in [1.807, 2.05) is 24.3 Å². The van der Waals surface area contributed by atoms with Gasteiger partial charge >= 0.3 is 5.69 Å². The Morgan fingerprint density at radius 3 is 3.00 bits per heavy atom. The number of hydrogen-bond acceptors (Lipinski definition) is 5. The van der Waals surface area contributed by atoms with Crippen molar-refractivity contribution in [3.63, 3.8) is 0 Å². The Kier molecular flexibility index (Phi) is 2.96. The van der Waals surface area contributed by atoms with Gasteiger partial charge in [-0.1, -0.05) is 18.2 Å². The molecule has 3 N–H and O–H groups in total. The molecule has 0 fully saturated rings.